The molecule has 0 fully saturated rings. The van der Waals surface area contributed by atoms with E-state index in [0.717, 1.165) is 0 Å². The molecule has 0 saturated carbocycles. The second kappa shape index (κ2) is 9.75. The van der Waals surface area contributed by atoms with Gasteiger partial charge in [0.25, 0.3) is 5.91 Å². The number of anilines is 1. The first-order chi connectivity index (χ1) is 10.2. The van der Waals surface area contributed by atoms with Crippen molar-refractivity contribution in [3.05, 3.63) is 28.8 Å². The van der Waals surface area contributed by atoms with E-state index in [-0.39, 0.29) is 36.3 Å². The highest BCUT2D eigenvalue weighted by molar-refractivity contribution is 6.33. The summed E-state index contributed by atoms with van der Waals surface area (Å²) in [4.78, 5) is 25.8. The Morgan fingerprint density at radius 1 is 1.30 bits per heavy atom. The zero-order valence-electron chi connectivity index (χ0n) is 13.9. The second-order valence-corrected chi connectivity index (χ2v) is 6.18. The van der Waals surface area contributed by atoms with Crippen LogP contribution in [0.1, 0.15) is 44.0 Å². The van der Waals surface area contributed by atoms with Crippen LogP contribution in [0, 0.1) is 0 Å². The number of rotatable bonds is 6. The number of nitrogens with zero attached hydrogens (tertiary/aromatic N) is 1. The number of hydrogen-bond acceptors (Lipinski definition) is 3. The van der Waals surface area contributed by atoms with Crippen molar-refractivity contribution in [1.29, 1.82) is 0 Å². The van der Waals surface area contributed by atoms with Crippen molar-refractivity contribution in [2.24, 2.45) is 5.73 Å². The number of amides is 2. The van der Waals surface area contributed by atoms with E-state index in [0.29, 0.717) is 29.1 Å². The molecule has 130 valence electrons. The van der Waals surface area contributed by atoms with Gasteiger partial charge in [0.15, 0.2) is 0 Å². The zero-order valence-corrected chi connectivity index (χ0v) is 15.5. The van der Waals surface area contributed by atoms with Crippen LogP contribution in [0.2, 0.25) is 5.02 Å². The fourth-order valence-corrected chi connectivity index (χ4v) is 1.93. The van der Waals surface area contributed by atoms with Crippen molar-refractivity contribution >= 4 is 41.5 Å². The predicted molar refractivity (Wildman–Crippen MR) is 97.4 cm³/mol. The predicted octanol–water partition coefficient (Wildman–Crippen LogP) is 3.31. The number of nitrogens with one attached hydrogen (secondary N) is 1. The number of halogens is 2. The molecular formula is C16H25Cl2N3O2. The fourth-order valence-electron chi connectivity index (χ4n) is 1.76. The topological polar surface area (TPSA) is 75.4 Å². The van der Waals surface area contributed by atoms with Crippen LogP contribution in [0.4, 0.5) is 5.69 Å². The van der Waals surface area contributed by atoms with E-state index >= 15 is 0 Å². The van der Waals surface area contributed by atoms with E-state index in [2.05, 4.69) is 5.32 Å². The van der Waals surface area contributed by atoms with Crippen LogP contribution < -0.4 is 11.1 Å². The first-order valence-corrected chi connectivity index (χ1v) is 7.72. The lowest BCUT2D eigenvalue weighted by atomic mass is 10.1. The largest absolute Gasteiger partial charge is 0.339 e. The summed E-state index contributed by atoms with van der Waals surface area (Å²) in [6.07, 6.45) is 0.913. The number of benzene rings is 1. The molecule has 1 atom stereocenters. The van der Waals surface area contributed by atoms with E-state index < -0.39 is 0 Å². The average Bonchev–Trinajstić information content (AvgIpc) is 2.45. The SMILES string of the molecule is CC(N)CCC(=O)Nc1cc(C(=O)N(C)C(C)C)ccc1Cl.Cl. The van der Waals surface area contributed by atoms with E-state index in [1.165, 1.54) is 0 Å². The van der Waals surface area contributed by atoms with Gasteiger partial charge in [-0.3, -0.25) is 9.59 Å². The maximum atomic E-state index is 12.3. The highest BCUT2D eigenvalue weighted by Crippen LogP contribution is 2.24. The van der Waals surface area contributed by atoms with Gasteiger partial charge < -0.3 is 16.0 Å². The average molecular weight is 362 g/mol. The fraction of sp³-hybridized carbons (Fsp3) is 0.500. The Hall–Kier alpha value is -1.30. The molecule has 7 heteroatoms. The first-order valence-electron chi connectivity index (χ1n) is 7.34. The number of nitrogens with two attached hydrogens (primary N) is 1. The molecule has 1 aromatic carbocycles. The molecular weight excluding hydrogens is 337 g/mol. The Morgan fingerprint density at radius 3 is 2.43 bits per heavy atom. The molecule has 1 unspecified atom stereocenters. The molecule has 0 aliphatic heterocycles. The maximum Gasteiger partial charge on any atom is 0.253 e. The lowest BCUT2D eigenvalue weighted by Crippen LogP contribution is -2.33. The molecule has 0 saturated heterocycles. The van der Waals surface area contributed by atoms with Gasteiger partial charge in [-0.25, -0.2) is 0 Å². The monoisotopic (exact) mass is 361 g/mol. The maximum absolute atomic E-state index is 12.3. The third kappa shape index (κ3) is 6.77. The molecule has 0 bridgehead atoms. The molecule has 0 aliphatic carbocycles. The van der Waals surface area contributed by atoms with Crippen molar-refractivity contribution in [2.75, 3.05) is 12.4 Å². The lowest BCUT2D eigenvalue weighted by Gasteiger charge is -2.22. The molecule has 5 nitrogen and oxygen atoms in total. The quantitative estimate of drug-likeness (QED) is 0.815. The zero-order chi connectivity index (χ0) is 16.9. The van der Waals surface area contributed by atoms with E-state index in [4.69, 9.17) is 17.3 Å². The van der Waals surface area contributed by atoms with E-state index in [1.807, 2.05) is 20.8 Å². The van der Waals surface area contributed by atoms with Crippen molar-refractivity contribution in [1.82, 2.24) is 4.90 Å². The van der Waals surface area contributed by atoms with Gasteiger partial charge in [-0.15, -0.1) is 12.4 Å². The third-order valence-corrected chi connectivity index (χ3v) is 3.74. The van der Waals surface area contributed by atoms with Crippen LogP contribution in [0.5, 0.6) is 0 Å². The molecule has 0 aromatic heterocycles. The minimum Gasteiger partial charge on any atom is -0.339 e. The van der Waals surface area contributed by atoms with Crippen molar-refractivity contribution < 1.29 is 9.59 Å². The Kier molecular flexibility index (Phi) is 9.20. The standard InChI is InChI=1S/C16H24ClN3O2.ClH/c1-10(2)20(4)16(22)12-6-7-13(17)14(9-12)19-15(21)8-5-11(3)18;/h6-7,9-11H,5,8,18H2,1-4H3,(H,19,21);1H. The molecule has 0 heterocycles. The molecule has 1 rings (SSSR count). The smallest absolute Gasteiger partial charge is 0.253 e. The summed E-state index contributed by atoms with van der Waals surface area (Å²) in [5.74, 6) is -0.279. The van der Waals surface area contributed by atoms with Crippen LogP contribution in [0.3, 0.4) is 0 Å². The van der Waals surface area contributed by atoms with Crippen LogP contribution in [0.15, 0.2) is 18.2 Å². The second-order valence-electron chi connectivity index (χ2n) is 5.77. The molecule has 0 aliphatic rings. The summed E-state index contributed by atoms with van der Waals surface area (Å²) in [5, 5.41) is 3.13. The minimum absolute atomic E-state index is 0. The third-order valence-electron chi connectivity index (χ3n) is 3.41. The van der Waals surface area contributed by atoms with Gasteiger partial charge in [-0.2, -0.15) is 0 Å². The molecule has 0 spiro atoms. The molecule has 0 radical (unpaired) electrons. The summed E-state index contributed by atoms with van der Waals surface area (Å²) in [5.41, 5.74) is 6.57. The van der Waals surface area contributed by atoms with Crippen molar-refractivity contribution in [2.45, 2.75) is 45.7 Å². The molecule has 23 heavy (non-hydrogen) atoms. The van der Waals surface area contributed by atoms with Gasteiger partial charge in [0.05, 0.1) is 10.7 Å². The number of carbonyl (C=O) groups is 2. The molecule has 2 amide bonds. The Balaban J connectivity index is 0.00000484. The van der Waals surface area contributed by atoms with Gasteiger partial charge in [0.1, 0.15) is 0 Å². The summed E-state index contributed by atoms with van der Waals surface area (Å²) in [6, 6.07) is 4.93. The molecule has 1 aromatic rings. The van der Waals surface area contributed by atoms with E-state index in [9.17, 15) is 9.59 Å². The Labute approximate surface area is 149 Å². The summed E-state index contributed by atoms with van der Waals surface area (Å²) >= 11 is 6.09. The highest BCUT2D eigenvalue weighted by Gasteiger charge is 2.16. The summed E-state index contributed by atoms with van der Waals surface area (Å²) < 4.78 is 0. The van der Waals surface area contributed by atoms with Crippen molar-refractivity contribution in [3.8, 4) is 0 Å². The summed E-state index contributed by atoms with van der Waals surface area (Å²) in [6.45, 7) is 5.72. The van der Waals surface area contributed by atoms with E-state index in [1.54, 1.807) is 30.1 Å². The van der Waals surface area contributed by atoms with Gasteiger partial charge in [0.2, 0.25) is 5.91 Å². The van der Waals surface area contributed by atoms with Crippen LogP contribution >= 0.6 is 24.0 Å². The summed E-state index contributed by atoms with van der Waals surface area (Å²) in [7, 11) is 1.74. The van der Waals surface area contributed by atoms with Crippen LogP contribution in [-0.2, 0) is 4.79 Å². The highest BCUT2D eigenvalue weighted by atomic mass is 35.5. The number of carbonyl (C=O) groups excluding carboxylic acids is 2. The van der Waals surface area contributed by atoms with Gasteiger partial charge >= 0.3 is 0 Å². The van der Waals surface area contributed by atoms with Crippen LogP contribution in [-0.4, -0.2) is 35.8 Å². The Bertz CT molecular complexity index is 548. The molecule has 3 N–H and O–H groups in total. The Morgan fingerprint density at radius 2 is 1.91 bits per heavy atom. The first kappa shape index (κ1) is 21.7. The van der Waals surface area contributed by atoms with Crippen LogP contribution in [0.25, 0.3) is 0 Å². The normalized spacial score (nSPS) is 11.6. The lowest BCUT2D eigenvalue weighted by molar-refractivity contribution is -0.116. The van der Waals surface area contributed by atoms with Crippen molar-refractivity contribution in [3.63, 3.8) is 0 Å². The minimum atomic E-state index is -0.166. The number of hydrogen-bond donors (Lipinski definition) is 2. The van der Waals surface area contributed by atoms with Gasteiger partial charge in [-0.05, 0) is 45.4 Å². The van der Waals surface area contributed by atoms with Gasteiger partial charge in [0, 0.05) is 31.1 Å². The van der Waals surface area contributed by atoms with Gasteiger partial charge in [-0.1, -0.05) is 11.6 Å².